The maximum absolute atomic E-state index is 11.7. The molecule has 0 aromatic heterocycles. The summed E-state index contributed by atoms with van der Waals surface area (Å²) in [5.41, 5.74) is 0.351. The Bertz CT molecular complexity index is 424. The van der Waals surface area contributed by atoms with E-state index in [0.29, 0.717) is 23.7 Å². The van der Waals surface area contributed by atoms with E-state index in [-0.39, 0.29) is 18.4 Å². The van der Waals surface area contributed by atoms with Crippen molar-refractivity contribution in [2.45, 2.75) is 0 Å². The lowest BCUT2D eigenvalue weighted by atomic mass is 10.2. The second-order valence-electron chi connectivity index (χ2n) is 3.51. The monoisotopic (exact) mass is 270 g/mol. The van der Waals surface area contributed by atoms with Crippen molar-refractivity contribution < 1.29 is 14.3 Å². The molecule has 0 bridgehead atoms. The van der Waals surface area contributed by atoms with Crippen molar-refractivity contribution in [2.24, 2.45) is 0 Å². The first-order valence-corrected chi connectivity index (χ1v) is 5.81. The maximum atomic E-state index is 11.7. The van der Waals surface area contributed by atoms with Gasteiger partial charge in [0.05, 0.1) is 23.7 Å². The van der Waals surface area contributed by atoms with Crippen LogP contribution >= 0.6 is 11.6 Å². The molecule has 0 spiro atoms. The minimum absolute atomic E-state index is 0.0895. The highest BCUT2D eigenvalue weighted by molar-refractivity contribution is 6.33. The van der Waals surface area contributed by atoms with E-state index in [1.807, 2.05) is 0 Å². The van der Waals surface area contributed by atoms with Crippen molar-refractivity contribution >= 4 is 23.4 Å². The van der Waals surface area contributed by atoms with Gasteiger partial charge in [-0.1, -0.05) is 23.7 Å². The third kappa shape index (κ3) is 4.73. The molecule has 18 heavy (non-hydrogen) atoms. The van der Waals surface area contributed by atoms with Gasteiger partial charge in [0.1, 0.15) is 0 Å². The largest absolute Gasteiger partial charge is 0.383 e. The molecule has 0 aliphatic heterocycles. The maximum Gasteiger partial charge on any atom is 0.253 e. The highest BCUT2D eigenvalue weighted by atomic mass is 35.5. The lowest BCUT2D eigenvalue weighted by Crippen LogP contribution is -2.38. The molecule has 98 valence electrons. The molecule has 5 nitrogen and oxygen atoms in total. The number of benzene rings is 1. The number of hydrogen-bond donors (Lipinski definition) is 2. The van der Waals surface area contributed by atoms with Crippen molar-refractivity contribution in [1.82, 2.24) is 10.6 Å². The third-order valence-electron chi connectivity index (χ3n) is 2.16. The summed E-state index contributed by atoms with van der Waals surface area (Å²) >= 11 is 5.86. The molecule has 1 aromatic rings. The van der Waals surface area contributed by atoms with Crippen LogP contribution in [0.3, 0.4) is 0 Å². The van der Waals surface area contributed by atoms with Crippen LogP contribution < -0.4 is 10.6 Å². The number of hydrogen-bond acceptors (Lipinski definition) is 3. The molecule has 0 saturated heterocycles. The zero-order chi connectivity index (χ0) is 13.4. The molecule has 2 N–H and O–H groups in total. The summed E-state index contributed by atoms with van der Waals surface area (Å²) in [6, 6.07) is 6.66. The Hall–Kier alpha value is -1.59. The van der Waals surface area contributed by atoms with Gasteiger partial charge in [0.25, 0.3) is 5.91 Å². The molecule has 0 heterocycles. The molecular weight excluding hydrogens is 256 g/mol. The van der Waals surface area contributed by atoms with Crippen molar-refractivity contribution in [3.05, 3.63) is 34.9 Å². The second-order valence-corrected chi connectivity index (χ2v) is 3.91. The lowest BCUT2D eigenvalue weighted by Gasteiger charge is -2.07. The predicted octanol–water partition coefficient (Wildman–Crippen LogP) is 0.832. The first kappa shape index (κ1) is 14.5. The van der Waals surface area contributed by atoms with Gasteiger partial charge in [-0.15, -0.1) is 0 Å². The average Bonchev–Trinajstić information content (AvgIpc) is 2.37. The summed E-state index contributed by atoms with van der Waals surface area (Å²) in [5, 5.41) is 5.44. The first-order chi connectivity index (χ1) is 8.65. The fraction of sp³-hybridized carbons (Fsp3) is 0.333. The highest BCUT2D eigenvalue weighted by Crippen LogP contribution is 2.14. The summed E-state index contributed by atoms with van der Waals surface area (Å²) < 4.78 is 4.78. The van der Waals surface area contributed by atoms with Crippen LogP contribution in [0.15, 0.2) is 24.3 Å². The average molecular weight is 271 g/mol. The van der Waals surface area contributed by atoms with E-state index in [2.05, 4.69) is 10.6 Å². The first-order valence-electron chi connectivity index (χ1n) is 5.43. The molecule has 0 saturated carbocycles. The van der Waals surface area contributed by atoms with E-state index in [9.17, 15) is 9.59 Å². The van der Waals surface area contributed by atoms with Gasteiger partial charge in [-0.3, -0.25) is 9.59 Å². The summed E-state index contributed by atoms with van der Waals surface area (Å²) in [5.74, 6) is -0.644. The van der Waals surface area contributed by atoms with Gasteiger partial charge in [0, 0.05) is 13.7 Å². The van der Waals surface area contributed by atoms with E-state index in [0.717, 1.165) is 0 Å². The zero-order valence-electron chi connectivity index (χ0n) is 10.0. The molecule has 2 amide bonds. The molecule has 0 aliphatic rings. The Morgan fingerprint density at radius 3 is 2.67 bits per heavy atom. The Morgan fingerprint density at radius 1 is 1.28 bits per heavy atom. The minimum Gasteiger partial charge on any atom is -0.383 e. The van der Waals surface area contributed by atoms with E-state index >= 15 is 0 Å². The number of nitrogens with one attached hydrogen (secondary N) is 2. The number of ether oxygens (including phenoxy) is 1. The van der Waals surface area contributed by atoms with Crippen LogP contribution in [0.2, 0.25) is 5.02 Å². The summed E-state index contributed by atoms with van der Waals surface area (Å²) in [4.78, 5) is 23.0. The quantitative estimate of drug-likeness (QED) is 0.753. The molecule has 0 fully saturated rings. The van der Waals surface area contributed by atoms with Gasteiger partial charge in [0.15, 0.2) is 0 Å². The topological polar surface area (TPSA) is 67.4 Å². The molecular formula is C12H15ClN2O3. The van der Waals surface area contributed by atoms with Gasteiger partial charge >= 0.3 is 0 Å². The third-order valence-corrected chi connectivity index (χ3v) is 2.49. The van der Waals surface area contributed by atoms with Gasteiger partial charge in [-0.2, -0.15) is 0 Å². The molecule has 1 aromatic carbocycles. The fourth-order valence-electron chi connectivity index (χ4n) is 1.26. The van der Waals surface area contributed by atoms with Crippen molar-refractivity contribution in [2.75, 3.05) is 26.8 Å². The number of methoxy groups -OCH3 is 1. The van der Waals surface area contributed by atoms with Crippen LogP contribution in [0.25, 0.3) is 0 Å². The molecule has 1 rings (SSSR count). The van der Waals surface area contributed by atoms with Crippen LogP contribution in [0.5, 0.6) is 0 Å². The van der Waals surface area contributed by atoms with Gasteiger partial charge < -0.3 is 15.4 Å². The number of halogens is 1. The normalized spacial score (nSPS) is 9.89. The predicted molar refractivity (Wildman–Crippen MR) is 68.7 cm³/mol. The van der Waals surface area contributed by atoms with Crippen LogP contribution in [0, 0.1) is 0 Å². The number of carbonyl (C=O) groups excluding carboxylic acids is 2. The molecule has 6 heteroatoms. The van der Waals surface area contributed by atoms with Gasteiger partial charge in [-0.05, 0) is 12.1 Å². The van der Waals surface area contributed by atoms with Crippen molar-refractivity contribution in [3.63, 3.8) is 0 Å². The van der Waals surface area contributed by atoms with Crippen LogP contribution in [-0.2, 0) is 9.53 Å². The van der Waals surface area contributed by atoms with Gasteiger partial charge in [-0.25, -0.2) is 0 Å². The number of carbonyl (C=O) groups is 2. The van der Waals surface area contributed by atoms with E-state index in [4.69, 9.17) is 16.3 Å². The molecule has 0 unspecified atom stereocenters. The van der Waals surface area contributed by atoms with Crippen LogP contribution in [0.1, 0.15) is 10.4 Å². The van der Waals surface area contributed by atoms with Crippen LogP contribution in [-0.4, -0.2) is 38.6 Å². The van der Waals surface area contributed by atoms with E-state index < -0.39 is 0 Å². The number of amides is 2. The Labute approximate surface area is 110 Å². The highest BCUT2D eigenvalue weighted by Gasteiger charge is 2.10. The van der Waals surface area contributed by atoms with Crippen LogP contribution in [0.4, 0.5) is 0 Å². The van der Waals surface area contributed by atoms with E-state index in [1.54, 1.807) is 31.4 Å². The zero-order valence-corrected chi connectivity index (χ0v) is 10.8. The smallest absolute Gasteiger partial charge is 0.253 e. The molecule has 0 atom stereocenters. The fourth-order valence-corrected chi connectivity index (χ4v) is 1.48. The van der Waals surface area contributed by atoms with Gasteiger partial charge in [0.2, 0.25) is 5.91 Å². The van der Waals surface area contributed by atoms with Crippen molar-refractivity contribution in [1.29, 1.82) is 0 Å². The number of rotatable bonds is 6. The summed E-state index contributed by atoms with van der Waals surface area (Å²) in [6.07, 6.45) is 0. The second kappa shape index (κ2) is 7.68. The Morgan fingerprint density at radius 2 is 2.00 bits per heavy atom. The lowest BCUT2D eigenvalue weighted by molar-refractivity contribution is -0.120. The molecule has 0 radical (unpaired) electrons. The summed E-state index contributed by atoms with van der Waals surface area (Å²) in [6.45, 7) is 0.759. The SMILES string of the molecule is COCCNC(=O)CNC(=O)c1ccccc1Cl. The Kier molecular flexibility index (Phi) is 6.18. The standard InChI is InChI=1S/C12H15ClN2O3/c1-18-7-6-14-11(16)8-15-12(17)9-4-2-3-5-10(9)13/h2-5H,6-8H2,1H3,(H,14,16)(H,15,17). The van der Waals surface area contributed by atoms with E-state index in [1.165, 1.54) is 0 Å². The molecule has 0 aliphatic carbocycles. The Balaban J connectivity index is 2.38. The van der Waals surface area contributed by atoms with Crippen molar-refractivity contribution in [3.8, 4) is 0 Å². The minimum atomic E-state index is -0.373. The summed E-state index contributed by atoms with van der Waals surface area (Å²) in [7, 11) is 1.55.